The van der Waals surface area contributed by atoms with Crippen LogP contribution in [0.3, 0.4) is 0 Å². The third-order valence-corrected chi connectivity index (χ3v) is 9.76. The lowest BCUT2D eigenvalue weighted by Gasteiger charge is -2.23. The van der Waals surface area contributed by atoms with E-state index in [9.17, 15) is 18.8 Å². The Kier molecular flexibility index (Phi) is 9.17. The number of rotatable bonds is 8. The number of nitrogens with one attached hydrogen (secondary N) is 2. The molecule has 43 heavy (non-hydrogen) atoms. The minimum atomic E-state index is -0.511. The van der Waals surface area contributed by atoms with Crippen LogP contribution >= 0.6 is 21.6 Å². The molecule has 10 heteroatoms. The maximum atomic E-state index is 14.3. The van der Waals surface area contributed by atoms with Crippen LogP contribution in [0.4, 0.5) is 9.18 Å². The molecule has 3 aromatic carbocycles. The van der Waals surface area contributed by atoms with Crippen molar-refractivity contribution in [2.24, 2.45) is 5.41 Å². The summed E-state index contributed by atoms with van der Waals surface area (Å²) in [4.78, 5) is 42.8. The summed E-state index contributed by atoms with van der Waals surface area (Å²) in [6, 6.07) is 20.0. The first kappa shape index (κ1) is 30.7. The molecule has 2 heterocycles. The highest BCUT2D eigenvalue weighted by Crippen LogP contribution is 2.36. The predicted octanol–water partition coefficient (Wildman–Crippen LogP) is 7.52. The lowest BCUT2D eigenvalue weighted by atomic mass is 9.99. The van der Waals surface area contributed by atoms with E-state index in [-0.39, 0.29) is 11.0 Å². The minimum absolute atomic E-state index is 0.0706. The molecule has 0 radical (unpaired) electrons. The number of amides is 2. The van der Waals surface area contributed by atoms with Gasteiger partial charge in [0.05, 0.1) is 5.56 Å². The Morgan fingerprint density at radius 2 is 1.79 bits per heavy atom. The van der Waals surface area contributed by atoms with Gasteiger partial charge in [-0.15, -0.1) is 0 Å². The molecule has 5 rings (SSSR count). The van der Waals surface area contributed by atoms with Gasteiger partial charge in [0.1, 0.15) is 11.9 Å². The second-order valence-electron chi connectivity index (χ2n) is 11.6. The normalized spacial score (nSPS) is 13.7. The average Bonchev–Trinajstić information content (AvgIpc) is 3.25. The van der Waals surface area contributed by atoms with E-state index in [0.717, 1.165) is 33.3 Å². The van der Waals surface area contributed by atoms with Crippen molar-refractivity contribution in [1.82, 2.24) is 15.2 Å². The summed E-state index contributed by atoms with van der Waals surface area (Å²) in [6.07, 6.45) is -0.351. The molecule has 2 amide bonds. The monoisotopic (exact) mass is 619 g/mol. The maximum absolute atomic E-state index is 14.3. The van der Waals surface area contributed by atoms with Crippen molar-refractivity contribution < 1.29 is 23.5 Å². The minimum Gasteiger partial charge on any atom is -0.440 e. The number of aromatic nitrogens is 1. The first-order valence-corrected chi connectivity index (χ1v) is 16.4. The molecule has 0 aliphatic carbocycles. The fourth-order valence-electron chi connectivity index (χ4n) is 4.90. The van der Waals surface area contributed by atoms with Crippen LogP contribution in [0.1, 0.15) is 53.9 Å². The fraction of sp³-hybridized carbons (Fsp3) is 0.303. The van der Waals surface area contributed by atoms with E-state index in [2.05, 4.69) is 10.3 Å². The van der Waals surface area contributed by atoms with E-state index in [1.165, 1.54) is 38.6 Å². The number of aromatic amines is 1. The van der Waals surface area contributed by atoms with Crippen LogP contribution in [-0.2, 0) is 22.5 Å². The van der Waals surface area contributed by atoms with Crippen molar-refractivity contribution in [3.63, 3.8) is 0 Å². The van der Waals surface area contributed by atoms with Crippen molar-refractivity contribution in [3.8, 4) is 11.3 Å². The van der Waals surface area contributed by atoms with Crippen LogP contribution in [0.25, 0.3) is 22.2 Å². The van der Waals surface area contributed by atoms with Gasteiger partial charge in [-0.25, -0.2) is 9.18 Å². The molecule has 2 N–H and O–H groups in total. The summed E-state index contributed by atoms with van der Waals surface area (Å²) < 4.78 is 20.2. The average molecular weight is 620 g/mol. The number of halogens is 1. The number of carbonyl (C=O) groups excluding carboxylic acids is 3. The number of benzene rings is 3. The van der Waals surface area contributed by atoms with Crippen molar-refractivity contribution in [2.45, 2.75) is 39.8 Å². The summed E-state index contributed by atoms with van der Waals surface area (Å²) in [5.41, 5.74) is 4.99. The molecule has 1 atom stereocenters. The van der Waals surface area contributed by atoms with E-state index < -0.39 is 23.4 Å². The topological polar surface area (TPSA) is 91.5 Å². The van der Waals surface area contributed by atoms with Crippen molar-refractivity contribution in [3.05, 3.63) is 94.8 Å². The molecule has 0 fully saturated rings. The highest BCUT2D eigenvalue weighted by atomic mass is 33.1. The van der Waals surface area contributed by atoms with Gasteiger partial charge < -0.3 is 19.9 Å². The van der Waals surface area contributed by atoms with Gasteiger partial charge in [-0.2, -0.15) is 0 Å². The first-order valence-electron chi connectivity index (χ1n) is 14.0. The molecular weight excluding hydrogens is 586 g/mol. The Balaban J connectivity index is 1.27. The Hall–Kier alpha value is -3.76. The second kappa shape index (κ2) is 12.9. The summed E-state index contributed by atoms with van der Waals surface area (Å²) in [5.74, 6) is -0.302. The maximum Gasteiger partial charge on any atom is 0.410 e. The molecule has 0 bridgehead atoms. The smallest absolute Gasteiger partial charge is 0.410 e. The number of H-pyrrole nitrogens is 1. The van der Waals surface area contributed by atoms with Crippen LogP contribution in [0.2, 0.25) is 0 Å². The van der Waals surface area contributed by atoms with Crippen LogP contribution in [-0.4, -0.2) is 46.3 Å². The number of nitrogens with zero attached hydrogens (tertiary/aromatic N) is 1. The van der Waals surface area contributed by atoms with Gasteiger partial charge in [-0.1, -0.05) is 86.2 Å². The van der Waals surface area contributed by atoms with Gasteiger partial charge in [-0.3, -0.25) is 9.59 Å². The van der Waals surface area contributed by atoms with Crippen molar-refractivity contribution in [1.29, 1.82) is 0 Å². The second-order valence-corrected chi connectivity index (χ2v) is 13.9. The Morgan fingerprint density at radius 3 is 2.49 bits per heavy atom. The summed E-state index contributed by atoms with van der Waals surface area (Å²) in [7, 11) is 4.26. The lowest BCUT2D eigenvalue weighted by Crippen LogP contribution is -2.29. The van der Waals surface area contributed by atoms with Gasteiger partial charge in [0, 0.05) is 47.9 Å². The zero-order chi connectivity index (χ0) is 30.7. The highest BCUT2D eigenvalue weighted by Gasteiger charge is 2.26. The van der Waals surface area contributed by atoms with Crippen molar-refractivity contribution in [2.75, 3.05) is 19.3 Å². The zero-order valence-electron chi connectivity index (χ0n) is 24.5. The molecule has 0 saturated heterocycles. The molecule has 0 unspecified atom stereocenters. The first-order chi connectivity index (χ1) is 20.5. The summed E-state index contributed by atoms with van der Waals surface area (Å²) in [5, 5.41) is 3.67. The standard InChI is InChI=1S/C33H34FN3O4S2/c1-33(2,3)31(39)43-42-19-27(21-8-6-5-7-9-21)41-32(40)37(4)18-20-10-12-22(13-11-20)29-24-14-15-35-30(38)25-16-23(34)17-26(36-29)28(24)25/h5-13,16-17,27,36H,14-15,18-19H2,1-4H3,(H,35,38)/t27-/m1/s1. The lowest BCUT2D eigenvalue weighted by molar-refractivity contribution is -0.117. The zero-order valence-corrected chi connectivity index (χ0v) is 26.2. The van der Waals surface area contributed by atoms with E-state index in [1.807, 2.05) is 75.4 Å². The number of carbonyl (C=O) groups is 3. The Labute approximate surface area is 258 Å². The molecule has 1 aromatic heterocycles. The van der Waals surface area contributed by atoms with Gasteiger partial charge in [0.15, 0.2) is 0 Å². The van der Waals surface area contributed by atoms with Crippen LogP contribution in [0, 0.1) is 11.2 Å². The van der Waals surface area contributed by atoms with Gasteiger partial charge in [-0.05, 0) is 51.6 Å². The number of hydrogen-bond acceptors (Lipinski definition) is 6. The van der Waals surface area contributed by atoms with E-state index in [4.69, 9.17) is 4.74 Å². The summed E-state index contributed by atoms with van der Waals surface area (Å²) in [6.45, 7) is 6.45. The molecule has 0 saturated carbocycles. The molecule has 1 aliphatic heterocycles. The Morgan fingerprint density at radius 1 is 1.07 bits per heavy atom. The SMILES string of the molecule is CN(Cc1ccc(-c2[nH]c3cc(F)cc4c3c2CCNC4=O)cc1)C(=O)O[C@H](CSSC(=O)C(C)(C)C)c1ccccc1. The molecular formula is C33H34FN3O4S2. The third-order valence-electron chi connectivity index (χ3n) is 7.23. The largest absolute Gasteiger partial charge is 0.440 e. The van der Waals surface area contributed by atoms with Gasteiger partial charge in [0.2, 0.25) is 5.12 Å². The molecule has 1 aliphatic rings. The Bertz CT molecular complexity index is 1650. The fourth-order valence-corrected chi connectivity index (χ4v) is 7.36. The quantitative estimate of drug-likeness (QED) is 0.198. The molecule has 4 aromatic rings. The highest BCUT2D eigenvalue weighted by molar-refractivity contribution is 8.82. The van der Waals surface area contributed by atoms with Gasteiger partial charge in [0.25, 0.3) is 5.91 Å². The van der Waals surface area contributed by atoms with E-state index >= 15 is 0 Å². The third kappa shape index (κ3) is 7.08. The van der Waals surface area contributed by atoms with Crippen molar-refractivity contribution >= 4 is 49.6 Å². The van der Waals surface area contributed by atoms with E-state index in [0.29, 0.717) is 36.3 Å². The number of ether oxygens (including phenoxy) is 1. The number of hydrogen-bond donors (Lipinski definition) is 2. The van der Waals surface area contributed by atoms with E-state index in [1.54, 1.807) is 7.05 Å². The molecule has 224 valence electrons. The molecule has 0 spiro atoms. The van der Waals surface area contributed by atoms with Gasteiger partial charge >= 0.3 is 6.09 Å². The molecule has 7 nitrogen and oxygen atoms in total. The van der Waals surface area contributed by atoms with Crippen LogP contribution in [0.5, 0.6) is 0 Å². The summed E-state index contributed by atoms with van der Waals surface area (Å²) >= 11 is 0. The van der Waals surface area contributed by atoms with Crippen LogP contribution in [0.15, 0.2) is 66.7 Å². The predicted molar refractivity (Wildman–Crippen MR) is 171 cm³/mol. The van der Waals surface area contributed by atoms with Crippen LogP contribution < -0.4 is 5.32 Å².